The van der Waals surface area contributed by atoms with Gasteiger partial charge < -0.3 is 4.52 Å². The van der Waals surface area contributed by atoms with Crippen molar-refractivity contribution in [2.45, 2.75) is 18.1 Å². The number of benzene rings is 1. The first-order valence-electron chi connectivity index (χ1n) is 6.44. The fraction of sp³-hybridized carbons (Fsp3) is 0.143. The van der Waals surface area contributed by atoms with Crippen LogP contribution in [0.15, 0.2) is 45.1 Å². The van der Waals surface area contributed by atoms with Gasteiger partial charge in [-0.1, -0.05) is 5.16 Å². The van der Waals surface area contributed by atoms with Crippen molar-refractivity contribution in [3.8, 4) is 11.5 Å². The molecule has 0 amide bonds. The minimum Gasteiger partial charge on any atom is -0.334 e. The van der Waals surface area contributed by atoms with Crippen LogP contribution in [0.1, 0.15) is 10.7 Å². The lowest BCUT2D eigenvalue weighted by molar-refractivity contribution is 0.425. The third-order valence-corrected chi connectivity index (χ3v) is 5.77. The summed E-state index contributed by atoms with van der Waals surface area (Å²) >= 11 is 1.23. The molecule has 3 rings (SSSR count). The van der Waals surface area contributed by atoms with Gasteiger partial charge in [0.15, 0.2) is 5.82 Å². The van der Waals surface area contributed by atoms with Gasteiger partial charge in [-0.2, -0.15) is 4.98 Å². The fourth-order valence-corrected chi connectivity index (χ4v) is 4.20. The first-order chi connectivity index (χ1) is 10.4. The molecule has 0 unspecified atom stereocenters. The van der Waals surface area contributed by atoms with E-state index < -0.39 is 10.0 Å². The molecule has 3 aromatic rings. The van der Waals surface area contributed by atoms with Crippen LogP contribution in [0.4, 0.5) is 5.69 Å². The van der Waals surface area contributed by atoms with Gasteiger partial charge in [-0.05, 0) is 50.2 Å². The van der Waals surface area contributed by atoms with Gasteiger partial charge in [-0.3, -0.25) is 4.72 Å². The first kappa shape index (κ1) is 14.7. The fourth-order valence-electron chi connectivity index (χ4n) is 1.86. The highest BCUT2D eigenvalue weighted by atomic mass is 32.2. The highest BCUT2D eigenvalue weighted by molar-refractivity contribution is 7.94. The largest absolute Gasteiger partial charge is 0.334 e. The van der Waals surface area contributed by atoms with Crippen molar-refractivity contribution >= 4 is 27.0 Å². The van der Waals surface area contributed by atoms with Crippen molar-refractivity contribution in [1.82, 2.24) is 10.1 Å². The average Bonchev–Trinajstić information content (AvgIpc) is 3.08. The molecular formula is C14H13N3O3S2. The summed E-state index contributed by atoms with van der Waals surface area (Å²) in [7, 11) is -3.55. The summed E-state index contributed by atoms with van der Waals surface area (Å²) < 4.78 is 32.4. The predicted molar refractivity (Wildman–Crippen MR) is 84.3 cm³/mol. The molecule has 0 atom stereocenters. The number of nitrogens with one attached hydrogen (secondary N) is 1. The third kappa shape index (κ3) is 3.02. The minimum atomic E-state index is -3.55. The van der Waals surface area contributed by atoms with E-state index in [1.54, 1.807) is 43.3 Å². The lowest BCUT2D eigenvalue weighted by Gasteiger charge is -2.06. The number of nitrogens with zero attached hydrogens (tertiary/aromatic N) is 2. The minimum absolute atomic E-state index is 0.293. The maximum absolute atomic E-state index is 12.2. The van der Waals surface area contributed by atoms with Gasteiger partial charge in [0, 0.05) is 16.1 Å². The zero-order chi connectivity index (χ0) is 15.7. The van der Waals surface area contributed by atoms with E-state index in [1.165, 1.54) is 11.3 Å². The third-order valence-electron chi connectivity index (χ3n) is 2.89. The Hall–Kier alpha value is -2.19. The topological polar surface area (TPSA) is 85.1 Å². The lowest BCUT2D eigenvalue weighted by Crippen LogP contribution is -2.11. The molecule has 2 aromatic heterocycles. The summed E-state index contributed by atoms with van der Waals surface area (Å²) in [5.74, 6) is 0.952. The van der Waals surface area contributed by atoms with Crippen LogP contribution in [0.25, 0.3) is 11.5 Å². The Labute approximate surface area is 131 Å². The van der Waals surface area contributed by atoms with Crippen molar-refractivity contribution in [2.24, 2.45) is 0 Å². The maximum atomic E-state index is 12.2. The molecule has 6 nitrogen and oxygen atoms in total. The van der Waals surface area contributed by atoms with Crippen LogP contribution >= 0.6 is 11.3 Å². The van der Waals surface area contributed by atoms with E-state index in [9.17, 15) is 8.42 Å². The molecule has 0 aliphatic rings. The summed E-state index contributed by atoms with van der Waals surface area (Å²) in [6, 6.07) is 10.1. The Morgan fingerprint density at radius 2 is 1.82 bits per heavy atom. The molecule has 1 aromatic carbocycles. The first-order valence-corrected chi connectivity index (χ1v) is 8.74. The Bertz CT molecular complexity index is 896. The second kappa shape index (κ2) is 5.54. The van der Waals surface area contributed by atoms with E-state index in [0.29, 0.717) is 21.6 Å². The molecule has 0 aliphatic heterocycles. The number of hydrogen-bond donors (Lipinski definition) is 1. The van der Waals surface area contributed by atoms with Crippen molar-refractivity contribution in [3.05, 3.63) is 47.1 Å². The van der Waals surface area contributed by atoms with Gasteiger partial charge in [0.1, 0.15) is 4.21 Å². The summed E-state index contributed by atoms with van der Waals surface area (Å²) in [6.45, 7) is 3.60. The van der Waals surface area contributed by atoms with Gasteiger partial charge in [-0.25, -0.2) is 8.42 Å². The number of aryl methyl sites for hydroxylation is 2. The summed E-state index contributed by atoms with van der Waals surface area (Å²) in [4.78, 5) is 5.07. The molecule has 2 heterocycles. The number of sulfonamides is 1. The molecule has 0 spiro atoms. The second-order valence-electron chi connectivity index (χ2n) is 4.69. The molecular weight excluding hydrogens is 322 g/mol. The van der Waals surface area contributed by atoms with Crippen LogP contribution in [0.3, 0.4) is 0 Å². The highest BCUT2D eigenvalue weighted by Crippen LogP contribution is 2.25. The Kier molecular flexibility index (Phi) is 3.71. The highest BCUT2D eigenvalue weighted by Gasteiger charge is 2.16. The second-order valence-corrected chi connectivity index (χ2v) is 7.89. The molecule has 0 fully saturated rings. The van der Waals surface area contributed by atoms with E-state index in [1.807, 2.05) is 6.92 Å². The van der Waals surface area contributed by atoms with Crippen molar-refractivity contribution in [2.75, 3.05) is 4.72 Å². The summed E-state index contributed by atoms with van der Waals surface area (Å²) in [5.41, 5.74) is 1.21. The molecule has 8 heteroatoms. The van der Waals surface area contributed by atoms with E-state index >= 15 is 0 Å². The van der Waals surface area contributed by atoms with Crippen molar-refractivity contribution in [3.63, 3.8) is 0 Å². The van der Waals surface area contributed by atoms with Crippen LogP contribution in [0.5, 0.6) is 0 Å². The SMILES string of the molecule is Cc1noc(-c2ccc(NS(=O)(=O)c3ccc(C)s3)cc2)n1. The zero-order valence-corrected chi connectivity index (χ0v) is 13.5. The van der Waals surface area contributed by atoms with E-state index in [2.05, 4.69) is 14.9 Å². The molecule has 1 N–H and O–H groups in total. The number of hydrogen-bond acceptors (Lipinski definition) is 6. The van der Waals surface area contributed by atoms with Crippen molar-refractivity contribution in [1.29, 1.82) is 0 Å². The number of thiophene rings is 1. The van der Waals surface area contributed by atoms with Crippen LogP contribution in [-0.4, -0.2) is 18.6 Å². The van der Waals surface area contributed by atoms with Gasteiger partial charge in [0.05, 0.1) is 0 Å². The van der Waals surface area contributed by atoms with Gasteiger partial charge in [-0.15, -0.1) is 11.3 Å². The van der Waals surface area contributed by atoms with Gasteiger partial charge in [0.25, 0.3) is 15.9 Å². The number of rotatable bonds is 4. The molecule has 0 bridgehead atoms. The van der Waals surface area contributed by atoms with Crippen LogP contribution in [-0.2, 0) is 10.0 Å². The smallest absolute Gasteiger partial charge is 0.271 e. The standard InChI is InChI=1S/C14H13N3O3S2/c1-9-3-8-13(21-9)22(18,19)17-12-6-4-11(5-7-12)14-15-10(2)16-20-14/h3-8,17H,1-2H3. The molecule has 0 saturated heterocycles. The molecule has 0 radical (unpaired) electrons. The Morgan fingerprint density at radius 3 is 2.36 bits per heavy atom. The molecule has 0 saturated carbocycles. The summed E-state index contributed by atoms with van der Waals surface area (Å²) in [6.07, 6.45) is 0. The van der Waals surface area contributed by atoms with Crippen LogP contribution < -0.4 is 4.72 Å². The average molecular weight is 335 g/mol. The zero-order valence-electron chi connectivity index (χ0n) is 11.9. The van der Waals surface area contributed by atoms with Crippen LogP contribution in [0.2, 0.25) is 0 Å². The maximum Gasteiger partial charge on any atom is 0.271 e. The lowest BCUT2D eigenvalue weighted by atomic mass is 10.2. The van der Waals surface area contributed by atoms with Gasteiger partial charge in [0.2, 0.25) is 0 Å². The number of aromatic nitrogens is 2. The number of anilines is 1. The predicted octanol–water partition coefficient (Wildman–Crippen LogP) is 3.22. The monoisotopic (exact) mass is 335 g/mol. The Balaban J connectivity index is 1.82. The summed E-state index contributed by atoms with van der Waals surface area (Å²) in [5, 5.41) is 3.72. The van der Waals surface area contributed by atoms with E-state index in [4.69, 9.17) is 4.52 Å². The molecule has 0 aliphatic carbocycles. The van der Waals surface area contributed by atoms with Crippen LogP contribution in [0, 0.1) is 13.8 Å². The van der Waals surface area contributed by atoms with Crippen molar-refractivity contribution < 1.29 is 12.9 Å². The Morgan fingerprint density at radius 1 is 1.09 bits per heavy atom. The van der Waals surface area contributed by atoms with E-state index in [-0.39, 0.29) is 0 Å². The van der Waals surface area contributed by atoms with Gasteiger partial charge >= 0.3 is 0 Å². The molecule has 114 valence electrons. The quantitative estimate of drug-likeness (QED) is 0.791. The normalized spacial score (nSPS) is 11.5. The van der Waals surface area contributed by atoms with E-state index in [0.717, 1.165) is 10.4 Å². The molecule has 22 heavy (non-hydrogen) atoms.